The van der Waals surface area contributed by atoms with E-state index in [1.165, 1.54) is 55.2 Å². The van der Waals surface area contributed by atoms with Crippen molar-refractivity contribution in [3.05, 3.63) is 64.2 Å². The Morgan fingerprint density at radius 2 is 1.38 bits per heavy atom. The minimum Gasteiger partial charge on any atom is -1.00 e. The zero-order valence-electron chi connectivity index (χ0n) is 31.0. The average molecular weight is 731 g/mol. The molecule has 48 heavy (non-hydrogen) atoms. The van der Waals surface area contributed by atoms with E-state index in [2.05, 4.69) is 82.1 Å². The van der Waals surface area contributed by atoms with Crippen molar-refractivity contribution >= 4 is 23.3 Å². The molecule has 1 heterocycles. The van der Waals surface area contributed by atoms with Crippen LogP contribution in [0.3, 0.4) is 0 Å². The van der Waals surface area contributed by atoms with E-state index in [0.29, 0.717) is 18.7 Å². The van der Waals surface area contributed by atoms with Crippen molar-refractivity contribution in [2.75, 3.05) is 44.6 Å². The molecule has 270 valence electrons. The Morgan fingerprint density at radius 3 is 1.94 bits per heavy atom. The highest BCUT2D eigenvalue weighted by atomic mass is 79.9. The number of carboxylic acids is 1. The van der Waals surface area contributed by atoms with Crippen LogP contribution in [0.25, 0.3) is 0 Å². The molecule has 2 aromatic rings. The van der Waals surface area contributed by atoms with Crippen LogP contribution in [0, 0.1) is 27.7 Å². The van der Waals surface area contributed by atoms with Crippen molar-refractivity contribution in [3.8, 4) is 0 Å². The van der Waals surface area contributed by atoms with Gasteiger partial charge in [0.05, 0.1) is 25.7 Å². The molecule has 2 N–H and O–H groups in total. The summed E-state index contributed by atoms with van der Waals surface area (Å²) in [5.41, 5.74) is 6.92. The summed E-state index contributed by atoms with van der Waals surface area (Å²) in [6, 6.07) is 12.5. The Labute approximate surface area is 302 Å². The number of halogens is 1. The van der Waals surface area contributed by atoms with E-state index in [1.807, 2.05) is 6.07 Å². The molecule has 0 saturated carbocycles. The van der Waals surface area contributed by atoms with Gasteiger partial charge in [-0.15, -0.1) is 0 Å². The topological polar surface area (TPSA) is 86.7 Å². The lowest BCUT2D eigenvalue weighted by molar-refractivity contribution is -0.919. The normalized spacial score (nSPS) is 15.8. The molecule has 2 atom stereocenters. The third kappa shape index (κ3) is 14.9. The van der Waals surface area contributed by atoms with Crippen molar-refractivity contribution in [1.82, 2.24) is 4.90 Å². The second-order valence-electron chi connectivity index (χ2n) is 13.8. The summed E-state index contributed by atoms with van der Waals surface area (Å²) < 4.78 is 0.931. The molecule has 1 aliphatic rings. The molecule has 0 bridgehead atoms. The van der Waals surface area contributed by atoms with Crippen LogP contribution in [0.4, 0.5) is 5.69 Å². The summed E-state index contributed by atoms with van der Waals surface area (Å²) in [5, 5.41) is 10.7. The molecule has 1 fully saturated rings. The van der Waals surface area contributed by atoms with E-state index in [-0.39, 0.29) is 28.9 Å². The number of likely N-dealkylation sites (tertiary alicyclic amines) is 1. The summed E-state index contributed by atoms with van der Waals surface area (Å²) in [4.78, 5) is 37.9. The summed E-state index contributed by atoms with van der Waals surface area (Å²) in [6.45, 7) is 19.9. The minimum absolute atomic E-state index is 0. The van der Waals surface area contributed by atoms with E-state index in [4.69, 9.17) is 9.90 Å². The molecular formula is C40H64BrN3O4. The van der Waals surface area contributed by atoms with E-state index >= 15 is 0 Å². The summed E-state index contributed by atoms with van der Waals surface area (Å²) >= 11 is 0. The number of nitrogens with one attached hydrogen (secondary N) is 1. The minimum atomic E-state index is -0.833. The number of quaternary nitrogens is 1. The second-order valence-corrected chi connectivity index (χ2v) is 13.8. The summed E-state index contributed by atoms with van der Waals surface area (Å²) in [6.07, 6.45) is 12.3. The highest BCUT2D eigenvalue weighted by Crippen LogP contribution is 2.24. The maximum Gasteiger partial charge on any atom is 0.300 e. The number of aryl methyl sites for hydroxylation is 4. The fraction of sp³-hybridized carbons (Fsp3) is 0.625. The van der Waals surface area contributed by atoms with Crippen LogP contribution >= 0.6 is 0 Å². The molecule has 1 saturated heterocycles. The largest absolute Gasteiger partial charge is 1.00 e. The fourth-order valence-corrected chi connectivity index (χ4v) is 7.17. The number of rotatable bonds is 18. The van der Waals surface area contributed by atoms with E-state index in [0.717, 1.165) is 86.6 Å². The van der Waals surface area contributed by atoms with Gasteiger partial charge in [0.2, 0.25) is 5.91 Å². The smallest absolute Gasteiger partial charge is 0.300 e. The highest BCUT2D eigenvalue weighted by molar-refractivity contribution is 5.96. The first-order chi connectivity index (χ1) is 22.4. The van der Waals surface area contributed by atoms with Crippen LogP contribution < -0.4 is 22.3 Å². The molecule has 0 radical (unpaired) electrons. The molecule has 1 amide bonds. The predicted octanol–water partition coefficient (Wildman–Crippen LogP) is 5.21. The third-order valence-corrected chi connectivity index (χ3v) is 9.87. The quantitative estimate of drug-likeness (QED) is 0.163. The van der Waals surface area contributed by atoms with Gasteiger partial charge in [0.15, 0.2) is 5.78 Å². The number of ketones is 1. The molecule has 0 aromatic heterocycles. The monoisotopic (exact) mass is 729 g/mol. The van der Waals surface area contributed by atoms with Gasteiger partial charge in [0, 0.05) is 19.0 Å². The number of carbonyl (C=O) groups excluding carboxylic acids is 2. The number of nitrogens with zero attached hydrogens (tertiary/aromatic N) is 2. The number of para-hydroxylation sites is 1. The summed E-state index contributed by atoms with van der Waals surface area (Å²) in [5.74, 6) is -0.291. The maximum absolute atomic E-state index is 13.3. The number of hydrogen-bond donors (Lipinski definition) is 2. The molecule has 1 aliphatic heterocycles. The lowest BCUT2D eigenvalue weighted by atomic mass is 9.97. The SMILES string of the molecule is CC(=O)O.CCC[N+](CC)(CCCCCCCCN1CCCC[C@H]1C(=O)Nc1c(C)cccc1C)CC(=O)Cc1c(C)cccc1C.[Br-]. The first-order valence-corrected chi connectivity index (χ1v) is 18.2. The van der Waals surface area contributed by atoms with Gasteiger partial charge in [-0.05, 0) is 114 Å². The zero-order valence-corrected chi connectivity index (χ0v) is 32.6. The number of carboxylic acid groups (broad SMARTS) is 1. The molecule has 0 spiro atoms. The van der Waals surface area contributed by atoms with Gasteiger partial charge in [0.1, 0.15) is 6.54 Å². The maximum atomic E-state index is 13.3. The number of carbonyl (C=O) groups is 3. The second kappa shape index (κ2) is 23.0. The number of likely N-dealkylation sites (N-methyl/N-ethyl adjacent to an activating group) is 1. The van der Waals surface area contributed by atoms with Crippen LogP contribution in [0.2, 0.25) is 0 Å². The van der Waals surface area contributed by atoms with E-state index in [9.17, 15) is 9.59 Å². The number of unbranched alkanes of at least 4 members (excludes halogenated alkanes) is 5. The zero-order chi connectivity index (χ0) is 34.8. The van der Waals surface area contributed by atoms with Crippen molar-refractivity contribution in [2.24, 2.45) is 0 Å². The van der Waals surface area contributed by atoms with Gasteiger partial charge in [-0.25, -0.2) is 0 Å². The van der Waals surface area contributed by atoms with Gasteiger partial charge in [-0.2, -0.15) is 0 Å². The highest BCUT2D eigenvalue weighted by Gasteiger charge is 2.29. The Bertz CT molecular complexity index is 1240. The van der Waals surface area contributed by atoms with Crippen molar-refractivity contribution < 1.29 is 41.0 Å². The van der Waals surface area contributed by atoms with Gasteiger partial charge in [-0.3, -0.25) is 19.3 Å². The Kier molecular flexibility index (Phi) is 20.8. The van der Waals surface area contributed by atoms with Crippen molar-refractivity contribution in [2.45, 2.75) is 125 Å². The average Bonchev–Trinajstić information content (AvgIpc) is 3.02. The van der Waals surface area contributed by atoms with Gasteiger partial charge in [0.25, 0.3) is 5.97 Å². The first-order valence-electron chi connectivity index (χ1n) is 18.2. The fourth-order valence-electron chi connectivity index (χ4n) is 7.17. The first kappa shape index (κ1) is 43.5. The van der Waals surface area contributed by atoms with Crippen molar-refractivity contribution in [1.29, 1.82) is 0 Å². The molecule has 2 aromatic carbocycles. The Balaban J connectivity index is 0.00000218. The number of hydrogen-bond acceptors (Lipinski definition) is 4. The van der Waals surface area contributed by atoms with E-state index in [1.54, 1.807) is 0 Å². The van der Waals surface area contributed by atoms with Crippen LogP contribution in [0.5, 0.6) is 0 Å². The Morgan fingerprint density at radius 1 is 0.833 bits per heavy atom. The van der Waals surface area contributed by atoms with Gasteiger partial charge >= 0.3 is 0 Å². The number of amides is 1. The molecule has 1 unspecified atom stereocenters. The molecule has 7 nitrogen and oxygen atoms in total. The van der Waals surface area contributed by atoms with E-state index < -0.39 is 5.97 Å². The van der Waals surface area contributed by atoms with Crippen LogP contribution in [-0.2, 0) is 20.8 Å². The number of piperidine rings is 1. The van der Waals surface area contributed by atoms with Crippen molar-refractivity contribution in [3.63, 3.8) is 0 Å². The van der Waals surface area contributed by atoms with Crippen LogP contribution in [0.15, 0.2) is 36.4 Å². The number of aliphatic carboxylic acids is 1. The summed E-state index contributed by atoms with van der Waals surface area (Å²) in [7, 11) is 0. The van der Waals surface area contributed by atoms with Gasteiger partial charge in [-0.1, -0.05) is 69.0 Å². The third-order valence-electron chi connectivity index (χ3n) is 9.87. The lowest BCUT2D eigenvalue weighted by Crippen LogP contribution is -3.00. The Hall–Kier alpha value is -2.55. The van der Waals surface area contributed by atoms with Gasteiger partial charge < -0.3 is 31.9 Å². The predicted molar refractivity (Wildman–Crippen MR) is 195 cm³/mol. The molecule has 0 aliphatic carbocycles. The molecule has 3 rings (SSSR count). The van der Waals surface area contributed by atoms with Crippen LogP contribution in [-0.4, -0.2) is 77.5 Å². The number of anilines is 1. The number of Topliss-reactive ketones (excluding diaryl/α,β-unsaturated/α-hetero) is 1. The molecular weight excluding hydrogens is 666 g/mol. The standard InChI is InChI=1S/C38H59N3O2.C2H4O2.BrH/c1-7-26-41(8-2,29-34(42)28-35-30(3)19-17-20-31(35)4)27-16-12-10-9-11-14-24-40-25-15-13-23-36(40)38(43)39-37-32(5)21-18-22-33(37)6;1-2(3)4;/h17-22,36H,7-16,23-29H2,1-6H3;1H3,(H,3,4);1H/t36-,41?;;/m0../s1. The lowest BCUT2D eigenvalue weighted by Gasteiger charge is -2.37. The van der Waals surface area contributed by atoms with Crippen LogP contribution in [0.1, 0.15) is 113 Å². The number of benzene rings is 2. The molecule has 8 heteroatoms.